The standard InChI is InChI=1S/C30H22FN5O5/c1-41-25(37)16-33-29(39)18-8-7-17-13-23-26(35-36(27(23)22(17)14-18)21-5-3-2-4-6-21)28(38)24(15-32)30(40)34-20-11-9-19(31)10-12-20/h2-12,14,24H,13,16H2,1H3,(H,33,39)(H,34,40). The van der Waals surface area contributed by atoms with Crippen molar-refractivity contribution in [3.05, 3.63) is 101 Å². The number of fused-ring (bicyclic) bond motifs is 3. The fourth-order valence-electron chi connectivity index (χ4n) is 4.58. The molecule has 2 N–H and O–H groups in total. The number of benzene rings is 3. The molecule has 0 bridgehead atoms. The van der Waals surface area contributed by atoms with E-state index in [9.17, 15) is 28.8 Å². The lowest BCUT2D eigenvalue weighted by molar-refractivity contribution is -0.139. The second-order valence-electron chi connectivity index (χ2n) is 9.15. The highest BCUT2D eigenvalue weighted by Gasteiger charge is 2.37. The summed E-state index contributed by atoms with van der Waals surface area (Å²) < 4.78 is 19.4. The lowest BCUT2D eigenvalue weighted by Gasteiger charge is -2.10. The van der Waals surface area contributed by atoms with Crippen LogP contribution in [0.15, 0.2) is 72.8 Å². The first-order valence-electron chi connectivity index (χ1n) is 12.5. The van der Waals surface area contributed by atoms with Crippen LogP contribution in [-0.2, 0) is 20.7 Å². The number of hydrogen-bond donors (Lipinski definition) is 2. The summed E-state index contributed by atoms with van der Waals surface area (Å²) >= 11 is 0. The van der Waals surface area contributed by atoms with E-state index in [4.69, 9.17) is 0 Å². The molecule has 5 rings (SSSR count). The number of hydrogen-bond acceptors (Lipinski definition) is 7. The first kappa shape index (κ1) is 27.0. The number of carbonyl (C=O) groups is 4. The molecule has 204 valence electrons. The number of ether oxygens (including phenoxy) is 1. The van der Waals surface area contributed by atoms with Gasteiger partial charge in [0, 0.05) is 28.8 Å². The lowest BCUT2D eigenvalue weighted by atomic mass is 9.98. The minimum Gasteiger partial charge on any atom is -0.468 e. The van der Waals surface area contributed by atoms with Gasteiger partial charge in [0.2, 0.25) is 11.7 Å². The van der Waals surface area contributed by atoms with Gasteiger partial charge in [-0.05, 0) is 54.1 Å². The summed E-state index contributed by atoms with van der Waals surface area (Å²) in [6, 6.07) is 20.7. The largest absolute Gasteiger partial charge is 0.468 e. The average Bonchev–Trinajstić information content (AvgIpc) is 3.55. The number of nitriles is 1. The van der Waals surface area contributed by atoms with E-state index in [1.165, 1.54) is 19.2 Å². The number of para-hydroxylation sites is 1. The SMILES string of the molecule is COC(=O)CNC(=O)c1ccc2c(c1)-c1c(c(C(=O)C(C#N)C(=O)Nc3ccc(F)cc3)nn1-c1ccccc1)C2. The number of amides is 2. The number of methoxy groups -OCH3 is 1. The third kappa shape index (κ3) is 5.31. The zero-order chi connectivity index (χ0) is 29.1. The van der Waals surface area contributed by atoms with Crippen LogP contribution in [0.25, 0.3) is 16.9 Å². The van der Waals surface area contributed by atoms with Gasteiger partial charge in [-0.25, -0.2) is 9.07 Å². The Morgan fingerprint density at radius 2 is 1.80 bits per heavy atom. The summed E-state index contributed by atoms with van der Waals surface area (Å²) in [5.41, 5.74) is 3.61. The molecule has 1 atom stereocenters. The number of nitrogens with zero attached hydrogens (tertiary/aromatic N) is 3. The van der Waals surface area contributed by atoms with Crippen molar-refractivity contribution in [3.63, 3.8) is 0 Å². The lowest BCUT2D eigenvalue weighted by Crippen LogP contribution is -2.30. The molecule has 1 heterocycles. The Balaban J connectivity index is 1.52. The molecular weight excluding hydrogens is 529 g/mol. The molecule has 0 saturated carbocycles. The second kappa shape index (κ2) is 11.2. The van der Waals surface area contributed by atoms with Gasteiger partial charge in [-0.1, -0.05) is 24.3 Å². The molecular formula is C30H22FN5O5. The minimum atomic E-state index is -1.72. The Morgan fingerprint density at radius 1 is 1.07 bits per heavy atom. The molecule has 1 unspecified atom stereocenters. The van der Waals surface area contributed by atoms with E-state index in [0.29, 0.717) is 22.5 Å². The van der Waals surface area contributed by atoms with Gasteiger partial charge in [0.05, 0.1) is 24.6 Å². The molecule has 0 fully saturated rings. The molecule has 0 saturated heterocycles. The molecule has 11 heteroatoms. The predicted molar refractivity (Wildman–Crippen MR) is 145 cm³/mol. The van der Waals surface area contributed by atoms with E-state index in [1.54, 1.807) is 53.2 Å². The van der Waals surface area contributed by atoms with Gasteiger partial charge < -0.3 is 15.4 Å². The number of halogens is 1. The van der Waals surface area contributed by atoms with Gasteiger partial charge in [-0.2, -0.15) is 10.4 Å². The highest BCUT2D eigenvalue weighted by Crippen LogP contribution is 2.41. The van der Waals surface area contributed by atoms with Crippen molar-refractivity contribution in [1.29, 1.82) is 5.26 Å². The van der Waals surface area contributed by atoms with E-state index < -0.39 is 35.3 Å². The molecule has 3 aromatic carbocycles. The van der Waals surface area contributed by atoms with Crippen LogP contribution in [0.1, 0.15) is 32.0 Å². The van der Waals surface area contributed by atoms with Gasteiger partial charge in [0.25, 0.3) is 5.91 Å². The highest BCUT2D eigenvalue weighted by molar-refractivity contribution is 6.16. The predicted octanol–water partition coefficient (Wildman–Crippen LogP) is 3.45. The molecule has 0 spiro atoms. The van der Waals surface area contributed by atoms with Crippen LogP contribution in [0, 0.1) is 23.1 Å². The molecule has 4 aromatic rings. The number of Topliss-reactive ketones (excluding diaryl/α,β-unsaturated/α-hetero) is 1. The topological polar surface area (TPSA) is 143 Å². The third-order valence-electron chi connectivity index (χ3n) is 6.60. The fraction of sp³-hybridized carbons (Fsp3) is 0.133. The van der Waals surface area contributed by atoms with Crippen LogP contribution in [0.3, 0.4) is 0 Å². The average molecular weight is 552 g/mol. The number of aromatic nitrogens is 2. The zero-order valence-electron chi connectivity index (χ0n) is 21.7. The summed E-state index contributed by atoms with van der Waals surface area (Å²) in [5, 5.41) is 19.3. The number of nitrogens with one attached hydrogen (secondary N) is 2. The van der Waals surface area contributed by atoms with E-state index in [1.807, 2.05) is 6.07 Å². The van der Waals surface area contributed by atoms with Crippen LogP contribution >= 0.6 is 0 Å². The van der Waals surface area contributed by atoms with Crippen LogP contribution in [0.2, 0.25) is 0 Å². The number of rotatable bonds is 8. The second-order valence-corrected chi connectivity index (χ2v) is 9.15. The summed E-state index contributed by atoms with van der Waals surface area (Å²) in [6.07, 6.45) is 0.278. The summed E-state index contributed by atoms with van der Waals surface area (Å²) in [6.45, 7) is -0.298. The Bertz CT molecular complexity index is 1720. The first-order chi connectivity index (χ1) is 19.8. The van der Waals surface area contributed by atoms with Gasteiger partial charge >= 0.3 is 5.97 Å². The maximum atomic E-state index is 13.6. The van der Waals surface area contributed by atoms with E-state index in [0.717, 1.165) is 17.7 Å². The molecule has 1 aliphatic rings. The smallest absolute Gasteiger partial charge is 0.325 e. The van der Waals surface area contributed by atoms with Crippen molar-refractivity contribution >= 4 is 29.3 Å². The normalized spacial score (nSPS) is 11.9. The van der Waals surface area contributed by atoms with Gasteiger partial charge in [0.1, 0.15) is 18.1 Å². The van der Waals surface area contributed by atoms with Crippen LogP contribution in [0.4, 0.5) is 10.1 Å². The third-order valence-corrected chi connectivity index (χ3v) is 6.60. The summed E-state index contributed by atoms with van der Waals surface area (Å²) in [5.74, 6) is -4.96. The van der Waals surface area contributed by atoms with Crippen molar-refractivity contribution in [2.45, 2.75) is 6.42 Å². The molecule has 1 aliphatic carbocycles. The number of anilines is 1. The van der Waals surface area contributed by atoms with Crippen LogP contribution < -0.4 is 10.6 Å². The van der Waals surface area contributed by atoms with Crippen molar-refractivity contribution in [1.82, 2.24) is 15.1 Å². The summed E-state index contributed by atoms with van der Waals surface area (Å²) in [4.78, 5) is 50.8. The molecule has 0 radical (unpaired) electrons. The van der Waals surface area contributed by atoms with Gasteiger partial charge in [-0.15, -0.1) is 0 Å². The monoisotopic (exact) mass is 551 g/mol. The maximum Gasteiger partial charge on any atom is 0.325 e. The fourth-order valence-corrected chi connectivity index (χ4v) is 4.58. The van der Waals surface area contributed by atoms with E-state index in [-0.39, 0.29) is 29.9 Å². The Kier molecular flexibility index (Phi) is 7.39. The van der Waals surface area contributed by atoms with Crippen molar-refractivity contribution in [2.75, 3.05) is 19.0 Å². The van der Waals surface area contributed by atoms with E-state index in [2.05, 4.69) is 20.5 Å². The number of ketones is 1. The molecule has 0 aliphatic heterocycles. The highest BCUT2D eigenvalue weighted by atomic mass is 19.1. The minimum absolute atomic E-state index is 0.0439. The van der Waals surface area contributed by atoms with Crippen LogP contribution in [-0.4, -0.2) is 47.0 Å². The molecule has 2 amide bonds. The quantitative estimate of drug-likeness (QED) is 0.171. The van der Waals surface area contributed by atoms with E-state index >= 15 is 0 Å². The maximum absolute atomic E-state index is 13.6. The first-order valence-corrected chi connectivity index (χ1v) is 12.5. The zero-order valence-corrected chi connectivity index (χ0v) is 21.7. The van der Waals surface area contributed by atoms with Crippen molar-refractivity contribution in [2.24, 2.45) is 5.92 Å². The summed E-state index contributed by atoms with van der Waals surface area (Å²) in [7, 11) is 1.22. The Hall–Kier alpha value is -5.63. The number of carbonyl (C=O) groups excluding carboxylic acids is 4. The van der Waals surface area contributed by atoms with Crippen molar-refractivity contribution < 1.29 is 28.3 Å². The number of esters is 1. The van der Waals surface area contributed by atoms with Crippen LogP contribution in [0.5, 0.6) is 0 Å². The Morgan fingerprint density at radius 3 is 2.49 bits per heavy atom. The van der Waals surface area contributed by atoms with Gasteiger partial charge in [-0.3, -0.25) is 19.2 Å². The molecule has 10 nitrogen and oxygen atoms in total. The Labute approximate surface area is 233 Å². The molecule has 1 aromatic heterocycles. The van der Waals surface area contributed by atoms with Crippen molar-refractivity contribution in [3.8, 4) is 23.0 Å². The van der Waals surface area contributed by atoms with Gasteiger partial charge in [0.15, 0.2) is 5.92 Å². The molecule has 41 heavy (non-hydrogen) atoms.